The summed E-state index contributed by atoms with van der Waals surface area (Å²) in [5.41, 5.74) is 1.54. The molecule has 1 aromatic rings. The summed E-state index contributed by atoms with van der Waals surface area (Å²) in [6.07, 6.45) is 5.66. The van der Waals surface area contributed by atoms with Gasteiger partial charge in [0.15, 0.2) is 6.29 Å². The maximum atomic E-state index is 10.8. The summed E-state index contributed by atoms with van der Waals surface area (Å²) in [4.78, 5) is 10.8. The molecule has 1 saturated carbocycles. The van der Waals surface area contributed by atoms with Gasteiger partial charge in [0, 0.05) is 13.0 Å². The molecule has 0 saturated heterocycles. The minimum Gasteiger partial charge on any atom is -0.296 e. The number of aromatic nitrogens is 3. The lowest BCUT2D eigenvalue weighted by atomic mass is 10.0. The zero-order chi connectivity index (χ0) is 9.26. The van der Waals surface area contributed by atoms with Crippen molar-refractivity contribution in [2.24, 2.45) is 7.05 Å². The van der Waals surface area contributed by atoms with Crippen molar-refractivity contribution < 1.29 is 4.79 Å². The van der Waals surface area contributed by atoms with Gasteiger partial charge in [-0.2, -0.15) is 0 Å². The van der Waals surface area contributed by atoms with Crippen molar-refractivity contribution in [2.75, 3.05) is 0 Å². The van der Waals surface area contributed by atoms with Gasteiger partial charge in [0.2, 0.25) is 0 Å². The molecule has 1 aliphatic rings. The van der Waals surface area contributed by atoms with E-state index in [1.165, 1.54) is 12.8 Å². The molecule has 1 aromatic heterocycles. The number of carbonyl (C=O) groups excluding carboxylic acids is 1. The summed E-state index contributed by atoms with van der Waals surface area (Å²) in [6, 6.07) is 0. The van der Waals surface area contributed by atoms with Crippen molar-refractivity contribution in [2.45, 2.75) is 31.6 Å². The fourth-order valence-corrected chi connectivity index (χ4v) is 2.01. The lowest BCUT2D eigenvalue weighted by Crippen LogP contribution is -2.01. The Morgan fingerprint density at radius 3 is 2.77 bits per heavy atom. The van der Waals surface area contributed by atoms with E-state index in [1.54, 1.807) is 11.7 Å². The van der Waals surface area contributed by atoms with Crippen molar-refractivity contribution in [1.82, 2.24) is 15.0 Å². The molecule has 0 aliphatic heterocycles. The number of carbonyl (C=O) groups is 1. The maximum Gasteiger partial charge on any atom is 0.170 e. The molecular formula is C9H13N3O. The maximum absolute atomic E-state index is 10.8. The van der Waals surface area contributed by atoms with E-state index < -0.39 is 0 Å². The van der Waals surface area contributed by atoms with Gasteiger partial charge < -0.3 is 0 Å². The van der Waals surface area contributed by atoms with Crippen LogP contribution in [0.4, 0.5) is 0 Å². The molecule has 4 heteroatoms. The van der Waals surface area contributed by atoms with E-state index in [9.17, 15) is 4.79 Å². The van der Waals surface area contributed by atoms with E-state index in [-0.39, 0.29) is 0 Å². The highest BCUT2D eigenvalue weighted by Crippen LogP contribution is 2.33. The zero-order valence-corrected chi connectivity index (χ0v) is 7.73. The molecule has 1 aliphatic carbocycles. The fourth-order valence-electron chi connectivity index (χ4n) is 2.01. The zero-order valence-electron chi connectivity index (χ0n) is 7.73. The van der Waals surface area contributed by atoms with Gasteiger partial charge >= 0.3 is 0 Å². The summed E-state index contributed by atoms with van der Waals surface area (Å²) in [5, 5.41) is 7.92. The number of rotatable bonds is 2. The molecule has 0 N–H and O–H groups in total. The van der Waals surface area contributed by atoms with Crippen molar-refractivity contribution in [3.8, 4) is 0 Å². The standard InChI is InChI=1S/C9H13N3O/c1-12-8(6-13)9(10-11-12)7-4-2-3-5-7/h6-7H,2-5H2,1H3. The van der Waals surface area contributed by atoms with Crippen LogP contribution in [0.3, 0.4) is 0 Å². The average molecular weight is 179 g/mol. The number of aryl methyl sites for hydroxylation is 1. The van der Waals surface area contributed by atoms with E-state index in [4.69, 9.17) is 0 Å². The Hall–Kier alpha value is -1.19. The number of nitrogens with zero attached hydrogens (tertiary/aromatic N) is 3. The molecule has 0 atom stereocenters. The number of aldehydes is 1. The van der Waals surface area contributed by atoms with E-state index in [0.29, 0.717) is 11.6 Å². The third-order valence-electron chi connectivity index (χ3n) is 2.75. The normalized spacial score (nSPS) is 17.9. The van der Waals surface area contributed by atoms with Gasteiger partial charge in [-0.1, -0.05) is 18.1 Å². The van der Waals surface area contributed by atoms with Crippen LogP contribution in [0.2, 0.25) is 0 Å². The SMILES string of the molecule is Cn1nnc(C2CCCC2)c1C=O. The second-order valence-electron chi connectivity index (χ2n) is 3.58. The first-order valence-electron chi connectivity index (χ1n) is 4.67. The molecular weight excluding hydrogens is 166 g/mol. The minimum atomic E-state index is 0.467. The van der Waals surface area contributed by atoms with E-state index in [0.717, 1.165) is 24.8 Å². The predicted octanol–water partition coefficient (Wildman–Crippen LogP) is 1.29. The highest BCUT2D eigenvalue weighted by molar-refractivity contribution is 5.73. The quantitative estimate of drug-likeness (QED) is 0.642. The van der Waals surface area contributed by atoms with E-state index in [1.807, 2.05) is 0 Å². The van der Waals surface area contributed by atoms with Gasteiger partial charge in [0.1, 0.15) is 5.69 Å². The summed E-state index contributed by atoms with van der Waals surface area (Å²) < 4.78 is 1.56. The second kappa shape index (κ2) is 3.28. The highest BCUT2D eigenvalue weighted by Gasteiger charge is 2.23. The third-order valence-corrected chi connectivity index (χ3v) is 2.75. The molecule has 2 rings (SSSR count). The molecule has 1 heterocycles. The molecule has 13 heavy (non-hydrogen) atoms. The minimum absolute atomic E-state index is 0.467. The van der Waals surface area contributed by atoms with Gasteiger partial charge in [-0.25, -0.2) is 4.68 Å². The van der Waals surface area contributed by atoms with Gasteiger partial charge in [-0.15, -0.1) is 5.10 Å². The van der Waals surface area contributed by atoms with Gasteiger partial charge in [0.25, 0.3) is 0 Å². The first kappa shape index (κ1) is 8.41. The van der Waals surface area contributed by atoms with Crippen LogP contribution in [0, 0.1) is 0 Å². The van der Waals surface area contributed by atoms with Crippen LogP contribution in [-0.2, 0) is 7.05 Å². The van der Waals surface area contributed by atoms with E-state index >= 15 is 0 Å². The lowest BCUT2D eigenvalue weighted by molar-refractivity contribution is 0.111. The Bertz CT molecular complexity index is 313. The predicted molar refractivity (Wildman–Crippen MR) is 47.6 cm³/mol. The van der Waals surface area contributed by atoms with Gasteiger partial charge in [0.05, 0.1) is 5.69 Å². The first-order valence-corrected chi connectivity index (χ1v) is 4.67. The Morgan fingerprint density at radius 2 is 2.15 bits per heavy atom. The number of hydrogen-bond acceptors (Lipinski definition) is 3. The molecule has 0 unspecified atom stereocenters. The van der Waals surface area contributed by atoms with Crippen LogP contribution in [0.25, 0.3) is 0 Å². The smallest absolute Gasteiger partial charge is 0.170 e. The van der Waals surface area contributed by atoms with Gasteiger partial charge in [-0.05, 0) is 12.8 Å². The molecule has 0 aromatic carbocycles. The summed E-state index contributed by atoms with van der Waals surface area (Å²) in [5.74, 6) is 0.467. The molecule has 0 radical (unpaired) electrons. The molecule has 4 nitrogen and oxygen atoms in total. The Morgan fingerprint density at radius 1 is 1.46 bits per heavy atom. The van der Waals surface area contributed by atoms with Crippen molar-refractivity contribution in [3.05, 3.63) is 11.4 Å². The Balaban J connectivity index is 2.32. The van der Waals surface area contributed by atoms with Crippen molar-refractivity contribution in [1.29, 1.82) is 0 Å². The van der Waals surface area contributed by atoms with Crippen LogP contribution in [0.1, 0.15) is 47.8 Å². The third kappa shape index (κ3) is 1.36. The van der Waals surface area contributed by atoms with Crippen LogP contribution in [0.5, 0.6) is 0 Å². The molecule has 0 spiro atoms. The second-order valence-corrected chi connectivity index (χ2v) is 3.58. The molecule has 70 valence electrons. The summed E-state index contributed by atoms with van der Waals surface area (Å²) in [7, 11) is 1.76. The molecule has 0 bridgehead atoms. The van der Waals surface area contributed by atoms with Crippen molar-refractivity contribution >= 4 is 6.29 Å². The Labute approximate surface area is 76.9 Å². The van der Waals surface area contributed by atoms with Crippen LogP contribution < -0.4 is 0 Å². The Kier molecular flexibility index (Phi) is 2.12. The first-order chi connectivity index (χ1) is 6.33. The topological polar surface area (TPSA) is 47.8 Å². The van der Waals surface area contributed by atoms with Crippen LogP contribution >= 0.6 is 0 Å². The molecule has 0 amide bonds. The van der Waals surface area contributed by atoms with E-state index in [2.05, 4.69) is 10.3 Å². The molecule has 1 fully saturated rings. The van der Waals surface area contributed by atoms with Gasteiger partial charge in [-0.3, -0.25) is 4.79 Å². The largest absolute Gasteiger partial charge is 0.296 e. The lowest BCUT2D eigenvalue weighted by Gasteiger charge is -2.04. The number of hydrogen-bond donors (Lipinski definition) is 0. The summed E-state index contributed by atoms with van der Waals surface area (Å²) >= 11 is 0. The fraction of sp³-hybridized carbons (Fsp3) is 0.667. The van der Waals surface area contributed by atoms with Crippen LogP contribution in [0.15, 0.2) is 0 Å². The van der Waals surface area contributed by atoms with Crippen LogP contribution in [-0.4, -0.2) is 21.3 Å². The monoisotopic (exact) mass is 179 g/mol. The van der Waals surface area contributed by atoms with Crippen molar-refractivity contribution in [3.63, 3.8) is 0 Å². The summed E-state index contributed by atoms with van der Waals surface area (Å²) in [6.45, 7) is 0. The average Bonchev–Trinajstić information content (AvgIpc) is 2.71. The highest BCUT2D eigenvalue weighted by atomic mass is 16.1.